The molecule has 130 valence electrons. The average Bonchev–Trinajstić information content (AvgIpc) is 3.20. The quantitative estimate of drug-likeness (QED) is 0.773. The number of pyridine rings is 1. The number of aromatic nitrogens is 2. The number of hydrogen-bond donors (Lipinski definition) is 1. The van der Waals surface area contributed by atoms with Crippen LogP contribution < -0.4 is 5.73 Å². The maximum atomic E-state index is 13.3. The standard InChI is InChI=1S/C19H21N3O2S/c1-13-8-10-15(11-9-13)25(23,24)18-17-16(7-4-12-21-17)22(19(18)20)14-5-2-3-6-14/h4,7-12,14H,2-3,5-6,20H2,1H3. The lowest BCUT2D eigenvalue weighted by atomic mass is 10.2. The Bertz CT molecular complexity index is 1030. The van der Waals surface area contributed by atoms with Gasteiger partial charge < -0.3 is 10.3 Å². The van der Waals surface area contributed by atoms with E-state index in [4.69, 9.17) is 5.73 Å². The molecule has 0 bridgehead atoms. The van der Waals surface area contributed by atoms with Crippen LogP contribution in [0.4, 0.5) is 5.82 Å². The molecule has 2 aromatic heterocycles. The molecule has 0 aliphatic heterocycles. The number of fused-ring (bicyclic) bond motifs is 1. The van der Waals surface area contributed by atoms with Crippen LogP contribution in [0.1, 0.15) is 37.3 Å². The largest absolute Gasteiger partial charge is 0.384 e. The zero-order valence-electron chi connectivity index (χ0n) is 14.1. The highest BCUT2D eigenvalue weighted by atomic mass is 32.2. The van der Waals surface area contributed by atoms with Crippen molar-refractivity contribution in [3.8, 4) is 0 Å². The van der Waals surface area contributed by atoms with Gasteiger partial charge in [-0.1, -0.05) is 30.5 Å². The number of hydrogen-bond acceptors (Lipinski definition) is 4. The predicted molar refractivity (Wildman–Crippen MR) is 98.3 cm³/mol. The second kappa shape index (κ2) is 5.88. The van der Waals surface area contributed by atoms with Gasteiger partial charge in [-0.25, -0.2) is 8.42 Å². The number of aryl methyl sites for hydroxylation is 1. The van der Waals surface area contributed by atoms with Crippen molar-refractivity contribution in [2.24, 2.45) is 0 Å². The smallest absolute Gasteiger partial charge is 0.212 e. The summed E-state index contributed by atoms with van der Waals surface area (Å²) in [7, 11) is -3.73. The Labute approximate surface area is 147 Å². The van der Waals surface area contributed by atoms with E-state index in [9.17, 15) is 8.42 Å². The molecule has 1 aromatic carbocycles. The minimum absolute atomic E-state index is 0.138. The van der Waals surface area contributed by atoms with Crippen LogP contribution in [0.3, 0.4) is 0 Å². The molecule has 2 N–H and O–H groups in total. The van der Waals surface area contributed by atoms with Crippen molar-refractivity contribution in [1.29, 1.82) is 0 Å². The first-order valence-corrected chi connectivity index (χ1v) is 10.0. The molecule has 1 saturated carbocycles. The van der Waals surface area contributed by atoms with Crippen molar-refractivity contribution in [1.82, 2.24) is 9.55 Å². The van der Waals surface area contributed by atoms with Crippen LogP contribution in [0, 0.1) is 6.92 Å². The summed E-state index contributed by atoms with van der Waals surface area (Å²) in [6.07, 6.45) is 5.95. The Hall–Kier alpha value is -2.34. The number of anilines is 1. The maximum absolute atomic E-state index is 13.3. The van der Waals surface area contributed by atoms with Gasteiger partial charge in [0, 0.05) is 12.2 Å². The Kier molecular flexibility index (Phi) is 3.80. The third-order valence-corrected chi connectivity index (χ3v) is 6.88. The van der Waals surface area contributed by atoms with Crippen LogP contribution >= 0.6 is 0 Å². The maximum Gasteiger partial charge on any atom is 0.212 e. The SMILES string of the molecule is Cc1ccc(S(=O)(=O)c2c(N)n(C3CCCC3)c3cccnc23)cc1. The summed E-state index contributed by atoms with van der Waals surface area (Å²) in [5, 5.41) is 0. The minimum atomic E-state index is -3.73. The first-order valence-electron chi connectivity index (χ1n) is 8.56. The van der Waals surface area contributed by atoms with Crippen molar-refractivity contribution >= 4 is 26.7 Å². The van der Waals surface area contributed by atoms with E-state index in [1.807, 2.05) is 23.6 Å². The van der Waals surface area contributed by atoms with E-state index < -0.39 is 9.84 Å². The first kappa shape index (κ1) is 16.1. The molecule has 0 amide bonds. The van der Waals surface area contributed by atoms with Crippen molar-refractivity contribution in [2.75, 3.05) is 5.73 Å². The van der Waals surface area contributed by atoms with Crippen molar-refractivity contribution < 1.29 is 8.42 Å². The lowest BCUT2D eigenvalue weighted by molar-refractivity contribution is 0.539. The number of benzene rings is 1. The molecular formula is C19H21N3O2S. The summed E-state index contributed by atoms with van der Waals surface area (Å²) in [4.78, 5) is 4.75. The molecule has 2 heterocycles. The van der Waals surface area contributed by atoms with Crippen LogP contribution in [-0.4, -0.2) is 18.0 Å². The molecule has 0 radical (unpaired) electrons. The van der Waals surface area contributed by atoms with Gasteiger partial charge in [0.1, 0.15) is 16.2 Å². The van der Waals surface area contributed by atoms with E-state index >= 15 is 0 Å². The molecule has 5 nitrogen and oxygen atoms in total. The fourth-order valence-corrected chi connectivity index (χ4v) is 5.30. The van der Waals surface area contributed by atoms with Crippen LogP contribution in [0.5, 0.6) is 0 Å². The topological polar surface area (TPSA) is 78.0 Å². The van der Waals surface area contributed by atoms with Crippen LogP contribution in [0.25, 0.3) is 11.0 Å². The fraction of sp³-hybridized carbons (Fsp3) is 0.316. The minimum Gasteiger partial charge on any atom is -0.384 e. The molecule has 1 fully saturated rings. The second-order valence-electron chi connectivity index (χ2n) is 6.71. The molecule has 6 heteroatoms. The zero-order chi connectivity index (χ0) is 17.6. The van der Waals surface area contributed by atoms with Crippen LogP contribution in [-0.2, 0) is 9.84 Å². The molecule has 4 rings (SSSR count). The molecule has 1 aliphatic rings. The number of sulfone groups is 1. The van der Waals surface area contributed by atoms with E-state index in [2.05, 4.69) is 4.98 Å². The number of nitrogen functional groups attached to an aromatic ring is 1. The van der Waals surface area contributed by atoms with Gasteiger partial charge >= 0.3 is 0 Å². The average molecular weight is 355 g/mol. The number of nitrogens with zero attached hydrogens (tertiary/aromatic N) is 2. The molecule has 3 aromatic rings. The van der Waals surface area contributed by atoms with Gasteiger partial charge in [0.2, 0.25) is 9.84 Å². The Morgan fingerprint density at radius 1 is 1.12 bits per heavy atom. The summed E-state index contributed by atoms with van der Waals surface area (Å²) >= 11 is 0. The molecule has 0 spiro atoms. The van der Waals surface area contributed by atoms with E-state index in [-0.39, 0.29) is 15.8 Å². The summed E-state index contributed by atoms with van der Waals surface area (Å²) < 4.78 is 28.5. The number of nitrogens with two attached hydrogens (primary N) is 1. The molecule has 0 atom stereocenters. The van der Waals surface area contributed by atoms with Gasteiger partial charge in [0.25, 0.3) is 0 Å². The first-order chi connectivity index (χ1) is 12.0. The summed E-state index contributed by atoms with van der Waals surface area (Å²) in [5.41, 5.74) is 8.67. The highest BCUT2D eigenvalue weighted by molar-refractivity contribution is 7.92. The lowest BCUT2D eigenvalue weighted by Crippen LogP contribution is -2.11. The molecule has 0 saturated heterocycles. The van der Waals surface area contributed by atoms with Crippen molar-refractivity contribution in [2.45, 2.75) is 48.4 Å². The van der Waals surface area contributed by atoms with Gasteiger partial charge in [0.05, 0.1) is 10.4 Å². The van der Waals surface area contributed by atoms with Crippen molar-refractivity contribution in [3.05, 3.63) is 48.2 Å². The third-order valence-electron chi connectivity index (χ3n) is 5.04. The normalized spacial score (nSPS) is 15.9. The van der Waals surface area contributed by atoms with Gasteiger partial charge in [0.15, 0.2) is 0 Å². The van der Waals surface area contributed by atoms with E-state index in [0.717, 1.165) is 36.8 Å². The molecular weight excluding hydrogens is 334 g/mol. The Morgan fingerprint density at radius 2 is 1.80 bits per heavy atom. The highest BCUT2D eigenvalue weighted by Gasteiger charge is 2.31. The van der Waals surface area contributed by atoms with E-state index in [1.165, 1.54) is 0 Å². The van der Waals surface area contributed by atoms with Crippen molar-refractivity contribution in [3.63, 3.8) is 0 Å². The summed E-state index contributed by atoms with van der Waals surface area (Å²) in [5.74, 6) is 0.307. The van der Waals surface area contributed by atoms with E-state index in [0.29, 0.717) is 11.3 Å². The fourth-order valence-electron chi connectivity index (χ4n) is 3.78. The Morgan fingerprint density at radius 3 is 2.48 bits per heavy atom. The predicted octanol–water partition coefficient (Wildman–Crippen LogP) is 3.87. The summed E-state index contributed by atoms with van der Waals surface area (Å²) in [6, 6.07) is 10.8. The van der Waals surface area contributed by atoms with Gasteiger partial charge in [-0.2, -0.15) is 0 Å². The van der Waals surface area contributed by atoms with Crippen LogP contribution in [0.2, 0.25) is 0 Å². The second-order valence-corrected chi connectivity index (χ2v) is 8.60. The monoisotopic (exact) mass is 355 g/mol. The number of rotatable bonds is 3. The molecule has 1 aliphatic carbocycles. The van der Waals surface area contributed by atoms with Gasteiger partial charge in [-0.15, -0.1) is 0 Å². The molecule has 0 unspecified atom stereocenters. The zero-order valence-corrected chi connectivity index (χ0v) is 15.0. The van der Waals surface area contributed by atoms with E-state index in [1.54, 1.807) is 30.5 Å². The highest BCUT2D eigenvalue weighted by Crippen LogP contribution is 2.41. The van der Waals surface area contributed by atoms with Crippen LogP contribution in [0.15, 0.2) is 52.4 Å². The third kappa shape index (κ3) is 2.52. The molecule has 25 heavy (non-hydrogen) atoms. The lowest BCUT2D eigenvalue weighted by Gasteiger charge is -2.15. The van der Waals surface area contributed by atoms with Gasteiger partial charge in [-0.3, -0.25) is 4.98 Å². The van der Waals surface area contributed by atoms with Gasteiger partial charge in [-0.05, 0) is 44.0 Å². The summed E-state index contributed by atoms with van der Waals surface area (Å²) in [6.45, 7) is 1.93. The Balaban J connectivity index is 1.98.